The first-order chi connectivity index (χ1) is 15.2. The van der Waals surface area contributed by atoms with Gasteiger partial charge in [0.05, 0.1) is 31.2 Å². The molecule has 31 heavy (non-hydrogen) atoms. The zero-order valence-corrected chi connectivity index (χ0v) is 17.3. The number of ether oxygens (including phenoxy) is 1. The van der Waals surface area contributed by atoms with Gasteiger partial charge in [-0.1, -0.05) is 6.07 Å². The van der Waals surface area contributed by atoms with Crippen LogP contribution < -0.4 is 5.32 Å². The summed E-state index contributed by atoms with van der Waals surface area (Å²) >= 11 is 0. The number of aromatic nitrogens is 2. The molecule has 158 valence electrons. The van der Waals surface area contributed by atoms with Crippen LogP contribution in [0.15, 0.2) is 65.4 Å². The molecule has 4 aromatic rings. The van der Waals surface area contributed by atoms with Crippen molar-refractivity contribution in [2.24, 2.45) is 0 Å². The van der Waals surface area contributed by atoms with Crippen molar-refractivity contribution < 1.29 is 13.9 Å². The molecule has 4 heterocycles. The Morgan fingerprint density at radius 3 is 2.77 bits per heavy atom. The Labute approximate surface area is 180 Å². The molecule has 1 unspecified atom stereocenters. The van der Waals surface area contributed by atoms with Crippen molar-refractivity contribution in [2.75, 3.05) is 31.6 Å². The molecule has 1 aliphatic heterocycles. The molecule has 7 nitrogen and oxygen atoms in total. The predicted octanol–water partition coefficient (Wildman–Crippen LogP) is 4.14. The number of hydrogen-bond acceptors (Lipinski definition) is 5. The van der Waals surface area contributed by atoms with Crippen LogP contribution in [-0.2, 0) is 4.74 Å². The fraction of sp³-hybridized carbons (Fsp3) is 0.250. The number of pyridine rings is 1. The van der Waals surface area contributed by atoms with Gasteiger partial charge in [-0.15, -0.1) is 0 Å². The molecule has 0 aliphatic carbocycles. The number of amides is 1. The number of rotatable bonds is 5. The summed E-state index contributed by atoms with van der Waals surface area (Å²) < 4.78 is 10.8. The highest BCUT2D eigenvalue weighted by molar-refractivity contribution is 6.03. The number of aromatic amines is 1. The Balaban J connectivity index is 1.58. The van der Waals surface area contributed by atoms with Crippen LogP contribution in [-0.4, -0.2) is 47.1 Å². The summed E-state index contributed by atoms with van der Waals surface area (Å²) in [7, 11) is 0. The standard InChI is InChI=1S/C24H24N4O3/c1-16-22(23(20-5-2-3-9-25-20)28-10-13-30-14-11-28)18-15-17(7-8-19(18)26-16)27-24(29)21-6-4-12-31-21/h2-9,12,15,23,26H,10-11,13-14H2,1H3,(H,27,29). The van der Waals surface area contributed by atoms with Gasteiger partial charge in [-0.3, -0.25) is 14.7 Å². The third-order valence-corrected chi connectivity index (χ3v) is 5.69. The first-order valence-corrected chi connectivity index (χ1v) is 10.4. The van der Waals surface area contributed by atoms with Crippen LogP contribution in [0.4, 0.5) is 5.69 Å². The van der Waals surface area contributed by atoms with Crippen LogP contribution in [0.2, 0.25) is 0 Å². The molecule has 7 heteroatoms. The smallest absolute Gasteiger partial charge is 0.291 e. The maximum absolute atomic E-state index is 12.5. The summed E-state index contributed by atoms with van der Waals surface area (Å²) in [5.41, 5.74) is 5.00. The summed E-state index contributed by atoms with van der Waals surface area (Å²) in [6.45, 7) is 5.17. The van der Waals surface area contributed by atoms with Crippen molar-refractivity contribution in [1.29, 1.82) is 0 Å². The van der Waals surface area contributed by atoms with E-state index in [9.17, 15) is 4.79 Å². The van der Waals surface area contributed by atoms with Crippen LogP contribution in [0.1, 0.15) is 33.5 Å². The van der Waals surface area contributed by atoms with Crippen molar-refractivity contribution in [3.63, 3.8) is 0 Å². The minimum Gasteiger partial charge on any atom is -0.459 e. The van der Waals surface area contributed by atoms with E-state index >= 15 is 0 Å². The Morgan fingerprint density at radius 2 is 2.03 bits per heavy atom. The lowest BCUT2D eigenvalue weighted by atomic mass is 9.97. The summed E-state index contributed by atoms with van der Waals surface area (Å²) in [5, 5.41) is 4.00. The zero-order valence-electron chi connectivity index (χ0n) is 17.3. The van der Waals surface area contributed by atoms with Crippen molar-refractivity contribution >= 4 is 22.5 Å². The molecule has 1 atom stereocenters. The van der Waals surface area contributed by atoms with Gasteiger partial charge in [0.25, 0.3) is 5.91 Å². The molecule has 1 saturated heterocycles. The minimum absolute atomic E-state index is 0.00475. The van der Waals surface area contributed by atoms with Crippen LogP contribution in [0.25, 0.3) is 10.9 Å². The quantitative estimate of drug-likeness (QED) is 0.511. The number of nitrogens with one attached hydrogen (secondary N) is 2. The lowest BCUT2D eigenvalue weighted by Gasteiger charge is -2.34. The minimum atomic E-state index is -0.271. The second-order valence-electron chi connectivity index (χ2n) is 7.66. The van der Waals surface area contributed by atoms with Gasteiger partial charge in [0.1, 0.15) is 0 Å². The van der Waals surface area contributed by atoms with Crippen LogP contribution in [0, 0.1) is 6.92 Å². The van der Waals surface area contributed by atoms with Gasteiger partial charge in [0.2, 0.25) is 0 Å². The number of benzene rings is 1. The largest absolute Gasteiger partial charge is 0.459 e. The van der Waals surface area contributed by atoms with Gasteiger partial charge < -0.3 is 19.5 Å². The van der Waals surface area contributed by atoms with Gasteiger partial charge in [0, 0.05) is 47.1 Å². The maximum Gasteiger partial charge on any atom is 0.291 e. The fourth-order valence-electron chi connectivity index (χ4n) is 4.27. The van der Waals surface area contributed by atoms with E-state index in [0.29, 0.717) is 13.2 Å². The van der Waals surface area contributed by atoms with Crippen molar-refractivity contribution in [3.8, 4) is 0 Å². The first kappa shape index (κ1) is 19.5. The van der Waals surface area contributed by atoms with E-state index in [-0.39, 0.29) is 17.7 Å². The average molecular weight is 416 g/mol. The number of anilines is 1. The molecule has 1 fully saturated rings. The summed E-state index contributed by atoms with van der Waals surface area (Å²) in [6, 6.07) is 15.3. The van der Waals surface area contributed by atoms with Crippen LogP contribution in [0.3, 0.4) is 0 Å². The molecule has 5 rings (SSSR count). The number of nitrogens with zero attached hydrogens (tertiary/aromatic N) is 2. The molecule has 2 N–H and O–H groups in total. The monoisotopic (exact) mass is 416 g/mol. The second kappa shape index (κ2) is 8.37. The third kappa shape index (κ3) is 3.85. The highest BCUT2D eigenvalue weighted by atomic mass is 16.5. The number of fused-ring (bicyclic) bond motifs is 1. The zero-order chi connectivity index (χ0) is 21.2. The molecule has 1 aliphatic rings. The Hall–Kier alpha value is -3.42. The molecule has 0 bridgehead atoms. The average Bonchev–Trinajstić information content (AvgIpc) is 3.44. The number of carbonyl (C=O) groups is 1. The normalized spacial score (nSPS) is 15.8. The number of aryl methyl sites for hydroxylation is 1. The van der Waals surface area contributed by atoms with Gasteiger partial charge in [-0.25, -0.2) is 0 Å². The van der Waals surface area contributed by atoms with Gasteiger partial charge in [-0.2, -0.15) is 0 Å². The van der Waals surface area contributed by atoms with Crippen LogP contribution in [0.5, 0.6) is 0 Å². The van der Waals surface area contributed by atoms with E-state index in [1.54, 1.807) is 12.1 Å². The van der Waals surface area contributed by atoms with E-state index < -0.39 is 0 Å². The lowest BCUT2D eigenvalue weighted by Crippen LogP contribution is -2.40. The van der Waals surface area contributed by atoms with E-state index in [0.717, 1.165) is 41.1 Å². The Morgan fingerprint density at radius 1 is 1.16 bits per heavy atom. The fourth-order valence-corrected chi connectivity index (χ4v) is 4.27. The van der Waals surface area contributed by atoms with E-state index in [1.807, 2.05) is 36.5 Å². The molecule has 0 saturated carbocycles. The summed E-state index contributed by atoms with van der Waals surface area (Å²) in [5.74, 6) is 0.0119. The number of morpholine rings is 1. The van der Waals surface area contributed by atoms with Gasteiger partial charge >= 0.3 is 0 Å². The summed E-state index contributed by atoms with van der Waals surface area (Å²) in [4.78, 5) is 23.1. The van der Waals surface area contributed by atoms with Crippen molar-refractivity contribution in [3.05, 3.63) is 83.7 Å². The number of hydrogen-bond donors (Lipinski definition) is 2. The van der Waals surface area contributed by atoms with Crippen LogP contribution >= 0.6 is 0 Å². The maximum atomic E-state index is 12.5. The summed E-state index contributed by atoms with van der Waals surface area (Å²) in [6.07, 6.45) is 3.33. The highest BCUT2D eigenvalue weighted by Gasteiger charge is 2.29. The molecule has 3 aromatic heterocycles. The molecule has 1 aromatic carbocycles. The SMILES string of the molecule is Cc1[nH]c2ccc(NC(=O)c3ccco3)cc2c1C(c1ccccn1)N1CCOCC1. The van der Waals surface area contributed by atoms with Crippen molar-refractivity contribution in [1.82, 2.24) is 14.9 Å². The molecule has 0 spiro atoms. The topological polar surface area (TPSA) is 83.4 Å². The molecule has 1 amide bonds. The third-order valence-electron chi connectivity index (χ3n) is 5.69. The first-order valence-electron chi connectivity index (χ1n) is 10.4. The predicted molar refractivity (Wildman–Crippen MR) is 118 cm³/mol. The van der Waals surface area contributed by atoms with Gasteiger partial charge in [0.15, 0.2) is 5.76 Å². The number of H-pyrrole nitrogens is 1. The van der Waals surface area contributed by atoms with Crippen molar-refractivity contribution in [2.45, 2.75) is 13.0 Å². The molecular formula is C24H24N4O3. The van der Waals surface area contributed by atoms with E-state index in [1.165, 1.54) is 11.8 Å². The number of carbonyl (C=O) groups excluding carboxylic acids is 1. The Kier molecular flexibility index (Phi) is 5.28. The second-order valence-corrected chi connectivity index (χ2v) is 7.66. The molecule has 0 radical (unpaired) electrons. The Bertz CT molecular complexity index is 1180. The van der Waals surface area contributed by atoms with Gasteiger partial charge in [-0.05, 0) is 49.4 Å². The van der Waals surface area contributed by atoms with E-state index in [4.69, 9.17) is 9.15 Å². The highest BCUT2D eigenvalue weighted by Crippen LogP contribution is 2.36. The lowest BCUT2D eigenvalue weighted by molar-refractivity contribution is 0.0234. The molecular weight excluding hydrogens is 392 g/mol. The van der Waals surface area contributed by atoms with E-state index in [2.05, 4.69) is 33.2 Å². The number of furan rings is 1.